The summed E-state index contributed by atoms with van der Waals surface area (Å²) in [6.07, 6.45) is 3.26. The van der Waals surface area contributed by atoms with Crippen LogP contribution in [0.2, 0.25) is 0 Å². The van der Waals surface area contributed by atoms with E-state index in [-0.39, 0.29) is 29.4 Å². The van der Waals surface area contributed by atoms with Gasteiger partial charge in [0.25, 0.3) is 0 Å². The molecule has 1 atom stereocenters. The number of hydrogen-bond donors (Lipinski definition) is 1. The van der Waals surface area contributed by atoms with Crippen molar-refractivity contribution >= 4 is 12.6 Å². The molecule has 1 fully saturated rings. The van der Waals surface area contributed by atoms with Crippen molar-refractivity contribution in [2.45, 2.75) is 96.3 Å². The maximum absolute atomic E-state index is 12.3. The molecule has 0 aliphatic carbocycles. The first-order chi connectivity index (χ1) is 11.5. The highest BCUT2D eigenvalue weighted by Gasteiger charge is 2.46. The van der Waals surface area contributed by atoms with Gasteiger partial charge in [0.1, 0.15) is 5.54 Å². The number of piperidine rings is 1. The first kappa shape index (κ1) is 21.6. The Morgan fingerprint density at radius 3 is 2.40 bits per heavy atom. The number of carbonyl (C=O) groups is 1. The first-order valence-corrected chi connectivity index (χ1v) is 9.11. The van der Waals surface area contributed by atoms with Crippen molar-refractivity contribution in [2.75, 3.05) is 6.61 Å². The lowest BCUT2D eigenvalue weighted by molar-refractivity contribution is -0.283. The number of hydroxylamine groups is 2. The van der Waals surface area contributed by atoms with E-state index in [0.717, 1.165) is 19.3 Å². The van der Waals surface area contributed by atoms with Crippen molar-refractivity contribution < 1.29 is 9.63 Å². The van der Waals surface area contributed by atoms with Gasteiger partial charge in [-0.25, -0.2) is 0 Å². The zero-order chi connectivity index (χ0) is 19.3. The average Bonchev–Trinajstić information content (AvgIpc) is 2.50. The second-order valence-corrected chi connectivity index (χ2v) is 8.47. The summed E-state index contributed by atoms with van der Waals surface area (Å²) in [6.45, 7) is 16.5. The Hall–Kier alpha value is -1.45. The van der Waals surface area contributed by atoms with Gasteiger partial charge in [0, 0.05) is 23.5 Å². The van der Waals surface area contributed by atoms with Crippen LogP contribution in [-0.4, -0.2) is 47.0 Å². The molecule has 1 heterocycles. The van der Waals surface area contributed by atoms with Crippen molar-refractivity contribution in [3.05, 3.63) is 0 Å². The third-order valence-electron chi connectivity index (χ3n) is 4.81. The number of hydrogen-bond acceptors (Lipinski definition) is 5. The van der Waals surface area contributed by atoms with E-state index in [4.69, 9.17) is 10.1 Å². The lowest BCUT2D eigenvalue weighted by Gasteiger charge is -2.53. The molecule has 1 unspecified atom stereocenters. The maximum atomic E-state index is 12.3. The standard InChI is InChI=1S/C19H34N4O2/c1-8-11-25-23-17(2,3)12-15(13-18(23,4)5)22-16(24)9-10-19(6,14-20)21-7/h15H,7-13H2,1-6H3,(H,22,24). The fraction of sp³-hybridized carbons (Fsp3) is 0.842. The van der Waals surface area contributed by atoms with Crippen LogP contribution in [-0.2, 0) is 9.63 Å². The molecular formula is C19H34N4O2. The van der Waals surface area contributed by atoms with Crippen molar-refractivity contribution in [3.63, 3.8) is 0 Å². The quantitative estimate of drug-likeness (QED) is 0.682. The molecule has 25 heavy (non-hydrogen) atoms. The normalized spacial score (nSPS) is 22.6. The van der Waals surface area contributed by atoms with Crippen LogP contribution in [0.1, 0.15) is 73.6 Å². The summed E-state index contributed by atoms with van der Waals surface area (Å²) in [7, 11) is 0. The van der Waals surface area contributed by atoms with E-state index in [9.17, 15) is 4.79 Å². The van der Waals surface area contributed by atoms with Crippen molar-refractivity contribution in [3.8, 4) is 6.07 Å². The summed E-state index contributed by atoms with van der Waals surface area (Å²) in [5.41, 5.74) is -1.23. The molecule has 0 saturated carbocycles. The van der Waals surface area contributed by atoms with Crippen LogP contribution < -0.4 is 5.32 Å². The Bertz CT molecular complexity index is 506. The number of nitrogens with zero attached hydrogens (tertiary/aromatic N) is 3. The van der Waals surface area contributed by atoms with Gasteiger partial charge in [-0.15, -0.1) is 0 Å². The molecule has 1 N–H and O–H groups in total. The minimum Gasteiger partial charge on any atom is -0.353 e. The molecule has 0 spiro atoms. The zero-order valence-corrected chi connectivity index (χ0v) is 16.7. The van der Waals surface area contributed by atoms with Crippen LogP contribution in [0.5, 0.6) is 0 Å². The number of nitrogens with one attached hydrogen (secondary N) is 1. The maximum Gasteiger partial charge on any atom is 0.220 e. The summed E-state index contributed by atoms with van der Waals surface area (Å²) >= 11 is 0. The van der Waals surface area contributed by atoms with Gasteiger partial charge >= 0.3 is 0 Å². The minimum absolute atomic E-state index is 0.0374. The third-order valence-corrected chi connectivity index (χ3v) is 4.81. The second kappa shape index (κ2) is 8.29. The van der Waals surface area contributed by atoms with Gasteiger partial charge in [-0.1, -0.05) is 6.92 Å². The lowest BCUT2D eigenvalue weighted by Crippen LogP contribution is -2.64. The van der Waals surface area contributed by atoms with Crippen LogP contribution in [0, 0.1) is 11.3 Å². The Balaban J connectivity index is 2.68. The predicted molar refractivity (Wildman–Crippen MR) is 100 cm³/mol. The number of carbonyl (C=O) groups excluding carboxylic acids is 1. The smallest absolute Gasteiger partial charge is 0.220 e. The van der Waals surface area contributed by atoms with Crippen LogP contribution in [0.3, 0.4) is 0 Å². The lowest BCUT2D eigenvalue weighted by atomic mass is 9.79. The topological polar surface area (TPSA) is 77.7 Å². The third kappa shape index (κ3) is 5.79. The van der Waals surface area contributed by atoms with Gasteiger partial charge in [-0.2, -0.15) is 10.3 Å². The molecule has 0 aromatic rings. The monoisotopic (exact) mass is 350 g/mol. The van der Waals surface area contributed by atoms with Gasteiger partial charge < -0.3 is 5.32 Å². The molecule has 6 heteroatoms. The van der Waals surface area contributed by atoms with E-state index >= 15 is 0 Å². The molecule has 0 bridgehead atoms. The summed E-state index contributed by atoms with van der Waals surface area (Å²) in [5, 5.41) is 14.4. The van der Waals surface area contributed by atoms with Gasteiger partial charge in [0.2, 0.25) is 5.91 Å². The van der Waals surface area contributed by atoms with Gasteiger partial charge in [0.15, 0.2) is 0 Å². The molecule has 1 aliphatic rings. The molecule has 1 aliphatic heterocycles. The van der Waals surface area contributed by atoms with E-state index in [1.54, 1.807) is 6.92 Å². The number of nitriles is 1. The summed E-state index contributed by atoms with van der Waals surface area (Å²) < 4.78 is 0. The summed E-state index contributed by atoms with van der Waals surface area (Å²) in [4.78, 5) is 22.2. The predicted octanol–water partition coefficient (Wildman–Crippen LogP) is 3.23. The SMILES string of the molecule is C=NC(C)(C#N)CCC(=O)NC1CC(C)(C)N(OCCC)C(C)(C)C1. The molecule has 142 valence electrons. The molecule has 1 amide bonds. The van der Waals surface area contributed by atoms with E-state index in [0.29, 0.717) is 13.0 Å². The number of aliphatic imine (C=N–C) groups is 1. The molecule has 1 rings (SSSR count). The van der Waals surface area contributed by atoms with E-state index < -0.39 is 5.54 Å². The minimum atomic E-state index is -0.896. The fourth-order valence-corrected chi connectivity index (χ4v) is 3.72. The van der Waals surface area contributed by atoms with Crippen LogP contribution in [0.25, 0.3) is 0 Å². The fourth-order valence-electron chi connectivity index (χ4n) is 3.72. The summed E-state index contributed by atoms with van der Waals surface area (Å²) in [6, 6.07) is 2.19. The highest BCUT2D eigenvalue weighted by atomic mass is 16.7. The Kier molecular flexibility index (Phi) is 7.16. The molecular weight excluding hydrogens is 316 g/mol. The van der Waals surface area contributed by atoms with Gasteiger partial charge in [-0.3, -0.25) is 14.6 Å². The van der Waals surface area contributed by atoms with Crippen molar-refractivity contribution in [1.82, 2.24) is 10.4 Å². The highest BCUT2D eigenvalue weighted by Crippen LogP contribution is 2.38. The molecule has 0 aromatic carbocycles. The van der Waals surface area contributed by atoms with Crippen LogP contribution in [0.4, 0.5) is 0 Å². The first-order valence-electron chi connectivity index (χ1n) is 9.11. The number of rotatable bonds is 8. The van der Waals surface area contributed by atoms with Crippen molar-refractivity contribution in [2.24, 2.45) is 4.99 Å². The van der Waals surface area contributed by atoms with E-state index in [1.165, 1.54) is 0 Å². The number of amides is 1. The largest absolute Gasteiger partial charge is 0.353 e. The molecule has 1 saturated heterocycles. The molecule has 0 aromatic heterocycles. The van der Waals surface area contributed by atoms with Crippen LogP contribution in [0.15, 0.2) is 4.99 Å². The molecule has 6 nitrogen and oxygen atoms in total. The Morgan fingerprint density at radius 1 is 1.40 bits per heavy atom. The molecule has 0 radical (unpaired) electrons. The average molecular weight is 351 g/mol. The highest BCUT2D eigenvalue weighted by molar-refractivity contribution is 5.76. The van der Waals surface area contributed by atoms with E-state index in [2.05, 4.69) is 62.8 Å². The van der Waals surface area contributed by atoms with Gasteiger partial charge in [0.05, 0.1) is 12.7 Å². The van der Waals surface area contributed by atoms with Crippen LogP contribution >= 0.6 is 0 Å². The second-order valence-electron chi connectivity index (χ2n) is 8.47. The van der Waals surface area contributed by atoms with Gasteiger partial charge in [-0.05, 0) is 67.0 Å². The summed E-state index contributed by atoms with van der Waals surface area (Å²) in [5.74, 6) is -0.0374. The Morgan fingerprint density at radius 2 is 1.96 bits per heavy atom. The Labute approximate surface area is 152 Å². The van der Waals surface area contributed by atoms with Crippen molar-refractivity contribution in [1.29, 1.82) is 5.26 Å². The zero-order valence-electron chi connectivity index (χ0n) is 16.7. The van der Waals surface area contributed by atoms with E-state index in [1.807, 2.05) is 0 Å².